The van der Waals surface area contributed by atoms with E-state index in [0.717, 1.165) is 35.3 Å². The molecule has 0 radical (unpaired) electrons. The first-order valence-corrected chi connectivity index (χ1v) is 8.06. The van der Waals surface area contributed by atoms with Gasteiger partial charge < -0.3 is 14.3 Å². The lowest BCUT2D eigenvalue weighted by Crippen LogP contribution is -2.32. The fourth-order valence-corrected chi connectivity index (χ4v) is 3.01. The molecular formula is C19H20N2O2. The molecule has 4 nitrogen and oxygen atoms in total. The zero-order valence-corrected chi connectivity index (χ0v) is 13.4. The van der Waals surface area contributed by atoms with Crippen molar-refractivity contribution in [3.63, 3.8) is 0 Å². The van der Waals surface area contributed by atoms with Gasteiger partial charge in [0.05, 0.1) is 6.54 Å². The summed E-state index contributed by atoms with van der Waals surface area (Å²) in [4.78, 5) is 18.1. The minimum absolute atomic E-state index is 0.0513. The van der Waals surface area contributed by atoms with Crippen LogP contribution < -0.4 is 0 Å². The van der Waals surface area contributed by atoms with Crippen molar-refractivity contribution in [2.24, 2.45) is 0 Å². The molecule has 1 aromatic carbocycles. The number of nitrogens with one attached hydrogen (secondary N) is 1. The topological polar surface area (TPSA) is 49.2 Å². The van der Waals surface area contributed by atoms with Crippen molar-refractivity contribution in [3.05, 3.63) is 59.2 Å². The molecule has 4 rings (SSSR count). The summed E-state index contributed by atoms with van der Waals surface area (Å²) in [6, 6.07) is 12.4. The molecule has 3 aromatic rings. The van der Waals surface area contributed by atoms with Gasteiger partial charge in [-0.1, -0.05) is 11.6 Å². The fraction of sp³-hybridized carbons (Fsp3) is 0.316. The smallest absolute Gasteiger partial charge is 0.270 e. The summed E-state index contributed by atoms with van der Waals surface area (Å²) in [6.07, 6.45) is 2.15. The first-order valence-electron chi connectivity index (χ1n) is 8.06. The number of hydrogen-bond donors (Lipinski definition) is 1. The summed E-state index contributed by atoms with van der Waals surface area (Å²) >= 11 is 0. The van der Waals surface area contributed by atoms with Crippen molar-refractivity contribution in [3.8, 4) is 0 Å². The van der Waals surface area contributed by atoms with E-state index in [4.69, 9.17) is 4.42 Å². The van der Waals surface area contributed by atoms with Gasteiger partial charge in [-0.15, -0.1) is 0 Å². The van der Waals surface area contributed by atoms with Crippen LogP contribution in [0.4, 0.5) is 0 Å². The Hall–Kier alpha value is -2.49. The number of aromatic nitrogens is 1. The van der Waals surface area contributed by atoms with Crippen LogP contribution in [0.2, 0.25) is 0 Å². The Morgan fingerprint density at radius 3 is 2.74 bits per heavy atom. The Morgan fingerprint density at radius 1 is 1.22 bits per heavy atom. The lowest BCUT2D eigenvalue weighted by atomic mass is 10.2. The van der Waals surface area contributed by atoms with Gasteiger partial charge in [-0.25, -0.2) is 0 Å². The van der Waals surface area contributed by atoms with Gasteiger partial charge in [-0.05, 0) is 57.0 Å². The van der Waals surface area contributed by atoms with E-state index in [-0.39, 0.29) is 5.91 Å². The van der Waals surface area contributed by atoms with Gasteiger partial charge in [-0.3, -0.25) is 4.79 Å². The van der Waals surface area contributed by atoms with Gasteiger partial charge in [0.25, 0.3) is 5.91 Å². The molecule has 0 unspecified atom stereocenters. The molecule has 23 heavy (non-hydrogen) atoms. The largest absolute Gasteiger partial charge is 0.464 e. The molecule has 1 aliphatic rings. The number of nitrogens with zero attached hydrogens (tertiary/aromatic N) is 1. The number of carbonyl (C=O) groups is 1. The van der Waals surface area contributed by atoms with Crippen molar-refractivity contribution in [2.45, 2.75) is 39.3 Å². The molecule has 118 valence electrons. The Morgan fingerprint density at radius 2 is 2.04 bits per heavy atom. The maximum Gasteiger partial charge on any atom is 0.270 e. The average molecular weight is 308 g/mol. The highest BCUT2D eigenvalue weighted by molar-refractivity contribution is 5.98. The van der Waals surface area contributed by atoms with Crippen LogP contribution in [0.15, 0.2) is 40.8 Å². The highest BCUT2D eigenvalue weighted by atomic mass is 16.3. The first kappa shape index (κ1) is 14.1. The van der Waals surface area contributed by atoms with E-state index < -0.39 is 0 Å². The second-order valence-corrected chi connectivity index (χ2v) is 6.45. The number of aryl methyl sites for hydroxylation is 2. The number of aromatic amines is 1. The predicted molar refractivity (Wildman–Crippen MR) is 89.4 cm³/mol. The van der Waals surface area contributed by atoms with Gasteiger partial charge in [0.1, 0.15) is 17.2 Å². The molecule has 0 aliphatic heterocycles. The molecule has 1 amide bonds. The first-order chi connectivity index (χ1) is 11.1. The highest BCUT2D eigenvalue weighted by Gasteiger charge is 2.34. The highest BCUT2D eigenvalue weighted by Crippen LogP contribution is 2.30. The summed E-state index contributed by atoms with van der Waals surface area (Å²) in [5.41, 5.74) is 2.85. The lowest BCUT2D eigenvalue weighted by molar-refractivity contribution is 0.0712. The van der Waals surface area contributed by atoms with Gasteiger partial charge in [-0.2, -0.15) is 0 Å². The van der Waals surface area contributed by atoms with E-state index in [9.17, 15) is 4.79 Å². The van der Waals surface area contributed by atoms with Crippen molar-refractivity contribution >= 4 is 16.8 Å². The molecule has 1 N–H and O–H groups in total. The molecule has 1 aliphatic carbocycles. The molecule has 0 spiro atoms. The number of hydrogen-bond acceptors (Lipinski definition) is 2. The number of H-pyrrole nitrogens is 1. The quantitative estimate of drug-likeness (QED) is 0.786. The van der Waals surface area contributed by atoms with Gasteiger partial charge >= 0.3 is 0 Å². The third-order valence-corrected chi connectivity index (χ3v) is 4.38. The van der Waals surface area contributed by atoms with Gasteiger partial charge in [0.15, 0.2) is 0 Å². The molecule has 2 aromatic heterocycles. The van der Waals surface area contributed by atoms with Gasteiger partial charge in [0.2, 0.25) is 0 Å². The summed E-state index contributed by atoms with van der Waals surface area (Å²) in [6.45, 7) is 4.52. The minimum atomic E-state index is 0.0513. The molecular weight excluding hydrogens is 288 g/mol. The van der Waals surface area contributed by atoms with E-state index in [1.807, 2.05) is 36.1 Å². The fourth-order valence-electron chi connectivity index (χ4n) is 3.01. The minimum Gasteiger partial charge on any atom is -0.464 e. The number of amides is 1. The Bertz CT molecular complexity index is 871. The summed E-state index contributed by atoms with van der Waals surface area (Å²) in [5, 5.41) is 1.08. The Labute approximate surface area is 135 Å². The number of carbonyl (C=O) groups excluding carboxylic acids is 1. The van der Waals surface area contributed by atoms with Crippen LogP contribution in [0.1, 0.15) is 40.4 Å². The molecule has 4 heteroatoms. The van der Waals surface area contributed by atoms with Crippen LogP contribution in [-0.2, 0) is 6.54 Å². The van der Waals surface area contributed by atoms with Crippen LogP contribution >= 0.6 is 0 Å². The molecule has 2 heterocycles. The maximum atomic E-state index is 12.9. The predicted octanol–water partition coefficient (Wildman–Crippen LogP) is 4.18. The number of furan rings is 1. The Balaban J connectivity index is 1.63. The third kappa shape index (κ3) is 2.77. The summed E-state index contributed by atoms with van der Waals surface area (Å²) < 4.78 is 5.65. The maximum absolute atomic E-state index is 12.9. The van der Waals surface area contributed by atoms with Crippen molar-refractivity contribution in [1.29, 1.82) is 0 Å². The second-order valence-electron chi connectivity index (χ2n) is 6.45. The summed E-state index contributed by atoms with van der Waals surface area (Å²) in [7, 11) is 0. The zero-order valence-electron chi connectivity index (χ0n) is 13.4. The van der Waals surface area contributed by atoms with Gasteiger partial charge in [0, 0.05) is 16.9 Å². The van der Waals surface area contributed by atoms with E-state index in [1.54, 1.807) is 0 Å². The molecule has 0 bridgehead atoms. The third-order valence-electron chi connectivity index (χ3n) is 4.38. The van der Waals surface area contributed by atoms with E-state index in [0.29, 0.717) is 18.3 Å². The Kier molecular flexibility index (Phi) is 3.26. The molecule has 0 atom stereocenters. The lowest BCUT2D eigenvalue weighted by Gasteiger charge is -2.20. The molecule has 1 saturated carbocycles. The van der Waals surface area contributed by atoms with E-state index in [2.05, 4.69) is 24.0 Å². The van der Waals surface area contributed by atoms with Crippen LogP contribution in [0.25, 0.3) is 10.9 Å². The zero-order chi connectivity index (χ0) is 16.0. The molecule has 1 fully saturated rings. The standard InChI is InChI=1S/C19H20N2O2/c1-12-3-8-17-14(9-12)10-18(20-17)19(22)21(15-5-6-15)11-16-7-4-13(2)23-16/h3-4,7-10,15,20H,5-6,11H2,1-2H3. The second kappa shape index (κ2) is 5.30. The monoisotopic (exact) mass is 308 g/mol. The van der Waals surface area contributed by atoms with Crippen LogP contribution in [0, 0.1) is 13.8 Å². The number of rotatable bonds is 4. The van der Waals surface area contributed by atoms with Crippen molar-refractivity contribution < 1.29 is 9.21 Å². The number of fused-ring (bicyclic) bond motifs is 1. The molecule has 0 saturated heterocycles. The van der Waals surface area contributed by atoms with Crippen LogP contribution in [0.3, 0.4) is 0 Å². The SMILES string of the molecule is Cc1ccc2[nH]c(C(=O)N(Cc3ccc(C)o3)C3CC3)cc2c1. The number of benzene rings is 1. The van der Waals surface area contributed by atoms with E-state index >= 15 is 0 Å². The van der Waals surface area contributed by atoms with Crippen molar-refractivity contribution in [1.82, 2.24) is 9.88 Å². The summed E-state index contributed by atoms with van der Waals surface area (Å²) in [5.74, 6) is 1.77. The van der Waals surface area contributed by atoms with Crippen molar-refractivity contribution in [2.75, 3.05) is 0 Å². The normalized spacial score (nSPS) is 14.3. The average Bonchev–Trinajstić information content (AvgIpc) is 3.15. The van der Waals surface area contributed by atoms with Crippen LogP contribution in [0.5, 0.6) is 0 Å². The van der Waals surface area contributed by atoms with Crippen LogP contribution in [-0.4, -0.2) is 21.8 Å². The van der Waals surface area contributed by atoms with E-state index in [1.165, 1.54) is 5.56 Å².